The van der Waals surface area contributed by atoms with Crippen molar-refractivity contribution in [3.8, 4) is 0 Å². The van der Waals surface area contributed by atoms with Crippen LogP contribution in [0.1, 0.15) is 47.5 Å². The highest BCUT2D eigenvalue weighted by atomic mass is 32.1. The molecule has 15 heavy (non-hydrogen) atoms. The second-order valence-electron chi connectivity index (χ2n) is 3.61. The van der Waals surface area contributed by atoms with E-state index in [2.05, 4.69) is 4.98 Å². The second kappa shape index (κ2) is 4.18. The Morgan fingerprint density at radius 3 is 2.93 bits per heavy atom. The van der Waals surface area contributed by atoms with Gasteiger partial charge < -0.3 is 10.5 Å². The van der Waals surface area contributed by atoms with Gasteiger partial charge in [-0.15, -0.1) is 0 Å². The number of hydrogen-bond acceptors (Lipinski definition) is 5. The highest BCUT2D eigenvalue weighted by Gasteiger charge is 2.28. The number of anilines is 1. The van der Waals surface area contributed by atoms with Gasteiger partial charge in [0.05, 0.1) is 12.3 Å². The number of carbonyl (C=O) groups is 1. The summed E-state index contributed by atoms with van der Waals surface area (Å²) in [5.41, 5.74) is 6.48. The van der Waals surface area contributed by atoms with E-state index in [-0.39, 0.29) is 5.97 Å². The molecule has 1 saturated carbocycles. The van der Waals surface area contributed by atoms with Crippen LogP contribution in [0.2, 0.25) is 0 Å². The molecule has 1 aliphatic rings. The van der Waals surface area contributed by atoms with E-state index >= 15 is 0 Å². The number of nitrogens with zero attached hydrogens (tertiary/aromatic N) is 1. The third kappa shape index (κ3) is 1.97. The number of rotatable bonds is 3. The SMILES string of the molecule is CCOC(=O)c1sc(N)nc1C1CCC1. The lowest BCUT2D eigenvalue weighted by atomic mass is 9.82. The molecule has 0 unspecified atom stereocenters. The Morgan fingerprint density at radius 1 is 1.67 bits per heavy atom. The van der Waals surface area contributed by atoms with Gasteiger partial charge in [0.1, 0.15) is 4.88 Å². The number of ether oxygens (including phenoxy) is 1. The minimum atomic E-state index is -0.284. The molecule has 1 aromatic rings. The molecule has 1 heterocycles. The summed E-state index contributed by atoms with van der Waals surface area (Å²) in [4.78, 5) is 16.4. The lowest BCUT2D eigenvalue weighted by Crippen LogP contribution is -2.14. The molecular formula is C10H14N2O2S. The minimum Gasteiger partial charge on any atom is -0.462 e. The molecule has 0 aromatic carbocycles. The van der Waals surface area contributed by atoms with E-state index in [1.165, 1.54) is 17.8 Å². The summed E-state index contributed by atoms with van der Waals surface area (Å²) >= 11 is 1.23. The highest BCUT2D eigenvalue weighted by Crippen LogP contribution is 2.39. The predicted octanol–water partition coefficient (Wildman–Crippen LogP) is 2.17. The molecule has 0 spiro atoms. The highest BCUT2D eigenvalue weighted by molar-refractivity contribution is 7.17. The lowest BCUT2D eigenvalue weighted by Gasteiger charge is -2.24. The van der Waals surface area contributed by atoms with Gasteiger partial charge in [-0.05, 0) is 19.8 Å². The van der Waals surface area contributed by atoms with Gasteiger partial charge in [0.2, 0.25) is 0 Å². The van der Waals surface area contributed by atoms with Gasteiger partial charge in [-0.25, -0.2) is 9.78 Å². The lowest BCUT2D eigenvalue weighted by molar-refractivity contribution is 0.0529. The summed E-state index contributed by atoms with van der Waals surface area (Å²) in [5.74, 6) is 0.131. The molecule has 1 aliphatic carbocycles. The number of nitrogens with two attached hydrogens (primary N) is 1. The number of hydrogen-bond donors (Lipinski definition) is 1. The molecule has 2 rings (SSSR count). The van der Waals surface area contributed by atoms with Crippen LogP contribution in [0.3, 0.4) is 0 Å². The van der Waals surface area contributed by atoms with Crippen LogP contribution in [-0.4, -0.2) is 17.6 Å². The van der Waals surface area contributed by atoms with E-state index in [1.54, 1.807) is 6.92 Å². The summed E-state index contributed by atoms with van der Waals surface area (Å²) < 4.78 is 4.98. The molecule has 1 aromatic heterocycles. The molecular weight excluding hydrogens is 212 g/mol. The molecule has 1 fully saturated rings. The Hall–Kier alpha value is -1.10. The molecule has 2 N–H and O–H groups in total. The summed E-state index contributed by atoms with van der Waals surface area (Å²) in [5, 5.41) is 0.458. The van der Waals surface area contributed by atoms with Crippen molar-refractivity contribution in [3.05, 3.63) is 10.6 Å². The van der Waals surface area contributed by atoms with Gasteiger partial charge in [0.25, 0.3) is 0 Å². The normalized spacial score (nSPS) is 16.1. The molecule has 82 valence electrons. The van der Waals surface area contributed by atoms with E-state index in [0.717, 1.165) is 18.5 Å². The van der Waals surface area contributed by atoms with E-state index in [0.29, 0.717) is 22.5 Å². The Bertz CT molecular complexity index is 371. The topological polar surface area (TPSA) is 65.2 Å². The van der Waals surface area contributed by atoms with Crippen molar-refractivity contribution < 1.29 is 9.53 Å². The van der Waals surface area contributed by atoms with Crippen molar-refractivity contribution in [3.63, 3.8) is 0 Å². The summed E-state index contributed by atoms with van der Waals surface area (Å²) in [7, 11) is 0. The van der Waals surface area contributed by atoms with Crippen LogP contribution in [0.4, 0.5) is 5.13 Å². The number of thiazole rings is 1. The average Bonchev–Trinajstić information content (AvgIpc) is 2.45. The molecule has 0 aliphatic heterocycles. The average molecular weight is 226 g/mol. The molecule has 0 bridgehead atoms. The van der Waals surface area contributed by atoms with Gasteiger partial charge in [0.15, 0.2) is 5.13 Å². The monoisotopic (exact) mass is 226 g/mol. The van der Waals surface area contributed by atoms with Crippen LogP contribution in [0.25, 0.3) is 0 Å². The third-order valence-corrected chi connectivity index (χ3v) is 3.50. The first-order valence-electron chi connectivity index (χ1n) is 5.15. The van der Waals surface area contributed by atoms with Gasteiger partial charge >= 0.3 is 5.97 Å². The zero-order valence-electron chi connectivity index (χ0n) is 8.66. The van der Waals surface area contributed by atoms with Gasteiger partial charge in [0, 0.05) is 5.92 Å². The zero-order chi connectivity index (χ0) is 10.8. The van der Waals surface area contributed by atoms with Crippen molar-refractivity contribution in [2.45, 2.75) is 32.1 Å². The number of carbonyl (C=O) groups excluding carboxylic acids is 1. The van der Waals surface area contributed by atoms with Crippen LogP contribution in [-0.2, 0) is 4.74 Å². The maximum atomic E-state index is 11.6. The van der Waals surface area contributed by atoms with Crippen molar-refractivity contribution >= 4 is 22.4 Å². The smallest absolute Gasteiger partial charge is 0.350 e. The van der Waals surface area contributed by atoms with E-state index in [1.807, 2.05) is 0 Å². The Balaban J connectivity index is 2.24. The van der Waals surface area contributed by atoms with Crippen molar-refractivity contribution in [1.29, 1.82) is 0 Å². The molecule has 0 saturated heterocycles. The van der Waals surface area contributed by atoms with Crippen LogP contribution in [0, 0.1) is 0 Å². The van der Waals surface area contributed by atoms with E-state index < -0.39 is 0 Å². The minimum absolute atomic E-state index is 0.284. The van der Waals surface area contributed by atoms with Gasteiger partial charge in [-0.1, -0.05) is 17.8 Å². The van der Waals surface area contributed by atoms with Crippen LogP contribution in [0.5, 0.6) is 0 Å². The molecule has 0 atom stereocenters. The first-order chi connectivity index (χ1) is 7.22. The van der Waals surface area contributed by atoms with Gasteiger partial charge in [-0.2, -0.15) is 0 Å². The van der Waals surface area contributed by atoms with E-state index in [4.69, 9.17) is 10.5 Å². The van der Waals surface area contributed by atoms with E-state index in [9.17, 15) is 4.79 Å². The fraction of sp³-hybridized carbons (Fsp3) is 0.600. The van der Waals surface area contributed by atoms with Crippen molar-refractivity contribution in [2.24, 2.45) is 0 Å². The second-order valence-corrected chi connectivity index (χ2v) is 4.65. The quantitative estimate of drug-likeness (QED) is 0.802. The Kier molecular flexibility index (Phi) is 2.90. The molecule has 0 radical (unpaired) electrons. The predicted molar refractivity (Wildman–Crippen MR) is 59.1 cm³/mol. The third-order valence-electron chi connectivity index (χ3n) is 2.62. The van der Waals surface area contributed by atoms with Crippen molar-refractivity contribution in [2.75, 3.05) is 12.3 Å². The summed E-state index contributed by atoms with van der Waals surface area (Å²) in [6, 6.07) is 0. The molecule has 5 heteroatoms. The first-order valence-corrected chi connectivity index (χ1v) is 5.97. The molecule has 0 amide bonds. The molecule has 4 nitrogen and oxygen atoms in total. The number of aromatic nitrogens is 1. The summed E-state index contributed by atoms with van der Waals surface area (Å²) in [6.45, 7) is 2.19. The number of nitrogen functional groups attached to an aromatic ring is 1. The maximum Gasteiger partial charge on any atom is 0.350 e. The zero-order valence-corrected chi connectivity index (χ0v) is 9.47. The Morgan fingerprint density at radius 2 is 2.40 bits per heavy atom. The maximum absolute atomic E-state index is 11.6. The van der Waals surface area contributed by atoms with Crippen LogP contribution >= 0.6 is 11.3 Å². The van der Waals surface area contributed by atoms with Crippen LogP contribution < -0.4 is 5.73 Å². The Labute approximate surface area is 92.5 Å². The standard InChI is InChI=1S/C10H14N2O2S/c1-2-14-9(13)8-7(6-4-3-5-6)12-10(11)15-8/h6H,2-5H2,1H3,(H2,11,12). The fourth-order valence-corrected chi connectivity index (χ4v) is 2.46. The van der Waals surface area contributed by atoms with Crippen LogP contribution in [0.15, 0.2) is 0 Å². The van der Waals surface area contributed by atoms with Gasteiger partial charge in [-0.3, -0.25) is 0 Å². The largest absolute Gasteiger partial charge is 0.462 e. The fourth-order valence-electron chi connectivity index (χ4n) is 1.65. The number of esters is 1. The first kappa shape index (κ1) is 10.4. The van der Waals surface area contributed by atoms with Crippen molar-refractivity contribution in [1.82, 2.24) is 4.98 Å². The summed E-state index contributed by atoms with van der Waals surface area (Å²) in [6.07, 6.45) is 3.43.